The van der Waals surface area contributed by atoms with Crippen LogP contribution >= 0.6 is 23.2 Å². The summed E-state index contributed by atoms with van der Waals surface area (Å²) in [6.45, 7) is -0.0120. The summed E-state index contributed by atoms with van der Waals surface area (Å²) in [6.07, 6.45) is 0. The molecule has 0 heterocycles. The number of nitrogens with one attached hydrogen (secondary N) is 1. The Morgan fingerprint density at radius 1 is 1.09 bits per heavy atom. The molecule has 2 aromatic rings. The fourth-order valence-corrected chi connectivity index (χ4v) is 3.05. The Morgan fingerprint density at radius 2 is 1.82 bits per heavy atom. The van der Waals surface area contributed by atoms with Gasteiger partial charge in [0.05, 0.1) is 19.9 Å². The minimum absolute atomic E-state index is 0.0120. The van der Waals surface area contributed by atoms with Crippen molar-refractivity contribution in [2.45, 2.75) is 11.4 Å². The van der Waals surface area contributed by atoms with Crippen LogP contribution in [0.15, 0.2) is 47.4 Å². The third-order valence-corrected chi connectivity index (χ3v) is 4.93. The molecule has 0 atom stereocenters. The molecular weight excluding hydrogens is 351 g/mol. The van der Waals surface area contributed by atoms with Crippen LogP contribution in [0.4, 0.5) is 5.69 Å². The SMILES string of the molecule is O=[N+]([O-])c1cccc(S(=O)(=O)NCc2ccc(Cl)c(Cl)c2)c1. The molecule has 9 heteroatoms. The van der Waals surface area contributed by atoms with Crippen molar-refractivity contribution in [3.63, 3.8) is 0 Å². The van der Waals surface area contributed by atoms with Gasteiger partial charge in [0.25, 0.3) is 5.69 Å². The Hall–Kier alpha value is -1.67. The third kappa shape index (κ3) is 3.95. The van der Waals surface area contributed by atoms with E-state index in [1.54, 1.807) is 18.2 Å². The highest BCUT2D eigenvalue weighted by molar-refractivity contribution is 7.89. The Bertz CT molecular complexity index is 825. The fraction of sp³-hybridized carbons (Fsp3) is 0.0769. The molecule has 0 saturated carbocycles. The number of rotatable bonds is 5. The molecule has 0 bridgehead atoms. The van der Waals surface area contributed by atoms with Crippen molar-refractivity contribution in [1.82, 2.24) is 4.72 Å². The van der Waals surface area contributed by atoms with Crippen molar-refractivity contribution < 1.29 is 13.3 Å². The van der Waals surface area contributed by atoms with Gasteiger partial charge in [0.1, 0.15) is 0 Å². The lowest BCUT2D eigenvalue weighted by molar-refractivity contribution is -0.385. The van der Waals surface area contributed by atoms with Gasteiger partial charge in [-0.1, -0.05) is 35.3 Å². The minimum atomic E-state index is -3.87. The van der Waals surface area contributed by atoms with Gasteiger partial charge in [-0.25, -0.2) is 13.1 Å². The second-order valence-electron chi connectivity index (χ2n) is 4.33. The van der Waals surface area contributed by atoms with Gasteiger partial charge in [0.15, 0.2) is 0 Å². The van der Waals surface area contributed by atoms with E-state index in [4.69, 9.17) is 23.2 Å². The Morgan fingerprint density at radius 3 is 2.45 bits per heavy atom. The van der Waals surface area contributed by atoms with Crippen LogP contribution in [0.3, 0.4) is 0 Å². The summed E-state index contributed by atoms with van der Waals surface area (Å²) in [6, 6.07) is 9.54. The van der Waals surface area contributed by atoms with Crippen LogP contribution in [-0.4, -0.2) is 13.3 Å². The highest BCUT2D eigenvalue weighted by Crippen LogP contribution is 2.23. The van der Waals surface area contributed by atoms with Gasteiger partial charge in [-0.3, -0.25) is 10.1 Å². The lowest BCUT2D eigenvalue weighted by Gasteiger charge is -2.07. The van der Waals surface area contributed by atoms with Crippen LogP contribution in [0.5, 0.6) is 0 Å². The zero-order valence-corrected chi connectivity index (χ0v) is 13.3. The molecule has 0 aliphatic rings. The first-order valence-corrected chi connectivity index (χ1v) is 8.21. The van der Waals surface area contributed by atoms with Gasteiger partial charge >= 0.3 is 0 Å². The quantitative estimate of drug-likeness (QED) is 0.653. The number of hydrogen-bond donors (Lipinski definition) is 1. The van der Waals surface area contributed by atoms with E-state index in [0.717, 1.165) is 6.07 Å². The Balaban J connectivity index is 2.19. The standard InChI is InChI=1S/C13H10Cl2N2O4S/c14-12-5-4-9(6-13(12)15)8-16-22(20,21)11-3-1-2-10(7-11)17(18)19/h1-7,16H,8H2. The average Bonchev–Trinajstić information content (AvgIpc) is 2.48. The molecule has 0 aromatic heterocycles. The van der Waals surface area contributed by atoms with E-state index in [-0.39, 0.29) is 17.1 Å². The van der Waals surface area contributed by atoms with E-state index in [1.165, 1.54) is 18.2 Å². The van der Waals surface area contributed by atoms with Gasteiger partial charge in [-0.05, 0) is 23.8 Å². The summed E-state index contributed by atoms with van der Waals surface area (Å²) >= 11 is 11.6. The van der Waals surface area contributed by atoms with Crippen molar-refractivity contribution >= 4 is 38.9 Å². The summed E-state index contributed by atoms with van der Waals surface area (Å²) < 4.78 is 26.6. The topological polar surface area (TPSA) is 89.3 Å². The maximum absolute atomic E-state index is 12.1. The van der Waals surface area contributed by atoms with Gasteiger partial charge < -0.3 is 0 Å². The number of nitro benzene ring substituents is 1. The van der Waals surface area contributed by atoms with Crippen LogP contribution in [0.25, 0.3) is 0 Å². The van der Waals surface area contributed by atoms with E-state index in [0.29, 0.717) is 15.6 Å². The van der Waals surface area contributed by atoms with Gasteiger partial charge in [0, 0.05) is 18.7 Å². The summed E-state index contributed by atoms with van der Waals surface area (Å²) in [4.78, 5) is 9.86. The molecule has 0 aliphatic carbocycles. The predicted octanol–water partition coefficient (Wildman–Crippen LogP) is 3.38. The van der Waals surface area contributed by atoms with Crippen molar-refractivity contribution in [3.05, 3.63) is 68.2 Å². The molecule has 22 heavy (non-hydrogen) atoms. The predicted molar refractivity (Wildman–Crippen MR) is 83.6 cm³/mol. The summed E-state index contributed by atoms with van der Waals surface area (Å²) in [5.41, 5.74) is 0.320. The lowest BCUT2D eigenvalue weighted by Crippen LogP contribution is -2.23. The second-order valence-corrected chi connectivity index (χ2v) is 6.91. The number of hydrogen-bond acceptors (Lipinski definition) is 4. The smallest absolute Gasteiger partial charge is 0.258 e. The number of sulfonamides is 1. The summed E-state index contributed by atoms with van der Waals surface area (Å²) in [5, 5.41) is 11.4. The average molecular weight is 361 g/mol. The highest BCUT2D eigenvalue weighted by atomic mass is 35.5. The van der Waals surface area contributed by atoms with Crippen molar-refractivity contribution in [3.8, 4) is 0 Å². The Labute approximate surface area is 136 Å². The number of nitrogens with zero attached hydrogens (tertiary/aromatic N) is 1. The molecule has 0 saturated heterocycles. The second kappa shape index (κ2) is 6.62. The van der Waals surface area contributed by atoms with Gasteiger partial charge in [-0.2, -0.15) is 0 Å². The Kier molecular flexibility index (Phi) is 5.02. The fourth-order valence-electron chi connectivity index (χ4n) is 1.68. The maximum atomic E-state index is 12.1. The van der Waals surface area contributed by atoms with E-state index in [2.05, 4.69) is 4.72 Å². The molecule has 0 fully saturated rings. The molecule has 0 amide bonds. The molecule has 6 nitrogen and oxygen atoms in total. The number of non-ortho nitro benzene ring substituents is 1. The van der Waals surface area contributed by atoms with E-state index >= 15 is 0 Å². The van der Waals surface area contributed by atoms with Crippen molar-refractivity contribution in [1.29, 1.82) is 0 Å². The molecule has 0 radical (unpaired) electrons. The molecule has 2 rings (SSSR count). The number of halogens is 2. The molecule has 2 aromatic carbocycles. The molecule has 0 spiro atoms. The monoisotopic (exact) mass is 360 g/mol. The van der Waals surface area contributed by atoms with Crippen LogP contribution in [0, 0.1) is 10.1 Å². The van der Waals surface area contributed by atoms with Crippen molar-refractivity contribution in [2.75, 3.05) is 0 Å². The van der Waals surface area contributed by atoms with E-state index < -0.39 is 14.9 Å². The van der Waals surface area contributed by atoms with Gasteiger partial charge in [-0.15, -0.1) is 0 Å². The first-order chi connectivity index (χ1) is 10.3. The van der Waals surface area contributed by atoms with E-state index in [1.807, 2.05) is 0 Å². The molecule has 1 N–H and O–H groups in total. The van der Waals surface area contributed by atoms with Crippen molar-refractivity contribution in [2.24, 2.45) is 0 Å². The first-order valence-electron chi connectivity index (χ1n) is 5.97. The van der Waals surface area contributed by atoms with Crippen LogP contribution < -0.4 is 4.72 Å². The molecular formula is C13H10Cl2N2O4S. The maximum Gasteiger partial charge on any atom is 0.270 e. The molecule has 0 aliphatic heterocycles. The summed E-state index contributed by atoms with van der Waals surface area (Å²) in [7, 11) is -3.87. The van der Waals surface area contributed by atoms with Crippen LogP contribution in [0.1, 0.15) is 5.56 Å². The van der Waals surface area contributed by atoms with E-state index in [9.17, 15) is 18.5 Å². The zero-order valence-electron chi connectivity index (χ0n) is 11.0. The highest BCUT2D eigenvalue weighted by Gasteiger charge is 2.17. The van der Waals surface area contributed by atoms with Crippen LogP contribution in [0.2, 0.25) is 10.0 Å². The third-order valence-electron chi connectivity index (χ3n) is 2.79. The molecule has 116 valence electrons. The molecule has 0 unspecified atom stereocenters. The normalized spacial score (nSPS) is 11.4. The van der Waals surface area contributed by atoms with Gasteiger partial charge in [0.2, 0.25) is 10.0 Å². The lowest BCUT2D eigenvalue weighted by atomic mass is 10.2. The summed E-state index contributed by atoms with van der Waals surface area (Å²) in [5.74, 6) is 0. The first kappa shape index (κ1) is 16.7. The van der Waals surface area contributed by atoms with Crippen LogP contribution in [-0.2, 0) is 16.6 Å². The zero-order chi connectivity index (χ0) is 16.3. The number of nitro groups is 1. The minimum Gasteiger partial charge on any atom is -0.258 e. The largest absolute Gasteiger partial charge is 0.270 e. The number of benzene rings is 2.